The summed E-state index contributed by atoms with van der Waals surface area (Å²) >= 11 is 0. The van der Waals surface area contributed by atoms with Gasteiger partial charge in [0.2, 0.25) is 5.91 Å². The van der Waals surface area contributed by atoms with E-state index in [1.165, 1.54) is 0 Å². The van der Waals surface area contributed by atoms with E-state index < -0.39 is 29.2 Å². The highest BCUT2D eigenvalue weighted by atomic mass is 16.4. The number of nitrogens with zero attached hydrogens (tertiary/aromatic N) is 1. The van der Waals surface area contributed by atoms with Crippen LogP contribution in [0.5, 0.6) is 0 Å². The van der Waals surface area contributed by atoms with E-state index in [-0.39, 0.29) is 25.3 Å². The molecule has 1 heterocycles. The van der Waals surface area contributed by atoms with Gasteiger partial charge in [0.25, 0.3) is 5.56 Å². The molecule has 0 unspecified atom stereocenters. The molecule has 0 saturated heterocycles. The molecule has 0 bridgehead atoms. The molecule has 0 aliphatic heterocycles. The Labute approximate surface area is 143 Å². The fraction of sp³-hybridized carbons (Fsp3) is 0.412. The first-order valence-corrected chi connectivity index (χ1v) is 8.02. The van der Waals surface area contributed by atoms with E-state index in [0.717, 1.165) is 4.57 Å². The SMILES string of the molecule is CC(C)C[C@@H](C(=O)NCCC(=O)[O-])n1c(=O)[nH]c2ccccc2c1=O. The van der Waals surface area contributed by atoms with Crippen LogP contribution < -0.4 is 21.7 Å². The molecule has 0 aliphatic carbocycles. The number of para-hydroxylation sites is 1. The van der Waals surface area contributed by atoms with Gasteiger partial charge in [0, 0.05) is 18.9 Å². The molecule has 25 heavy (non-hydrogen) atoms. The molecule has 1 aromatic heterocycles. The number of benzene rings is 1. The predicted octanol–water partition coefficient (Wildman–Crippen LogP) is -0.467. The molecule has 0 spiro atoms. The first kappa shape index (κ1) is 18.4. The monoisotopic (exact) mass is 346 g/mol. The molecule has 0 fully saturated rings. The minimum Gasteiger partial charge on any atom is -0.550 e. The van der Waals surface area contributed by atoms with E-state index in [2.05, 4.69) is 10.3 Å². The van der Waals surface area contributed by atoms with Crippen LogP contribution in [0.3, 0.4) is 0 Å². The summed E-state index contributed by atoms with van der Waals surface area (Å²) in [6.45, 7) is 3.60. The van der Waals surface area contributed by atoms with Gasteiger partial charge in [-0.1, -0.05) is 26.0 Å². The van der Waals surface area contributed by atoms with Crippen molar-refractivity contribution in [2.45, 2.75) is 32.7 Å². The molecule has 8 heteroatoms. The Balaban J connectivity index is 2.46. The molecule has 0 radical (unpaired) electrons. The van der Waals surface area contributed by atoms with Gasteiger partial charge >= 0.3 is 5.69 Å². The van der Waals surface area contributed by atoms with E-state index >= 15 is 0 Å². The van der Waals surface area contributed by atoms with Crippen molar-refractivity contribution < 1.29 is 14.7 Å². The summed E-state index contributed by atoms with van der Waals surface area (Å²) in [5.41, 5.74) is -0.834. The molecule has 8 nitrogen and oxygen atoms in total. The van der Waals surface area contributed by atoms with Gasteiger partial charge in [0.1, 0.15) is 6.04 Å². The topological polar surface area (TPSA) is 124 Å². The molecule has 2 aromatic rings. The number of carbonyl (C=O) groups excluding carboxylic acids is 2. The summed E-state index contributed by atoms with van der Waals surface area (Å²) in [6, 6.07) is 5.52. The van der Waals surface area contributed by atoms with Crippen LogP contribution in [0.2, 0.25) is 0 Å². The van der Waals surface area contributed by atoms with Crippen molar-refractivity contribution in [1.82, 2.24) is 14.9 Å². The first-order chi connectivity index (χ1) is 11.8. The number of rotatable bonds is 7. The standard InChI is InChI=1S/C17H21N3O5/c1-10(2)9-13(15(23)18-8-7-14(21)22)20-16(24)11-5-3-4-6-12(11)19-17(20)25/h3-6,10,13H,7-9H2,1-2H3,(H,18,23)(H,19,25)(H,21,22)/p-1/t13-/m0/s1. The lowest BCUT2D eigenvalue weighted by molar-refractivity contribution is -0.305. The second kappa shape index (κ2) is 7.78. The average molecular weight is 346 g/mol. The number of aromatic amines is 1. The zero-order chi connectivity index (χ0) is 18.6. The van der Waals surface area contributed by atoms with Gasteiger partial charge in [0.15, 0.2) is 0 Å². The molecular weight excluding hydrogens is 326 g/mol. The molecular formula is C17H20N3O5-. The molecule has 0 saturated carbocycles. The molecule has 1 atom stereocenters. The van der Waals surface area contributed by atoms with E-state index in [0.29, 0.717) is 10.9 Å². The van der Waals surface area contributed by atoms with Crippen LogP contribution in [0, 0.1) is 5.92 Å². The van der Waals surface area contributed by atoms with Crippen molar-refractivity contribution >= 4 is 22.8 Å². The van der Waals surface area contributed by atoms with Crippen LogP contribution in [-0.2, 0) is 9.59 Å². The number of carbonyl (C=O) groups is 2. The number of H-pyrrole nitrogens is 1. The highest BCUT2D eigenvalue weighted by molar-refractivity contribution is 5.82. The quantitative estimate of drug-likeness (QED) is 0.701. The normalized spacial score (nSPS) is 12.3. The third-order valence-corrected chi connectivity index (χ3v) is 3.77. The summed E-state index contributed by atoms with van der Waals surface area (Å²) in [5, 5.41) is 13.2. The van der Waals surface area contributed by atoms with Crippen LogP contribution in [0.25, 0.3) is 10.9 Å². The number of aliphatic carboxylic acids is 1. The van der Waals surface area contributed by atoms with Crippen molar-refractivity contribution in [3.63, 3.8) is 0 Å². The minimum absolute atomic E-state index is 0.0367. The van der Waals surface area contributed by atoms with Gasteiger partial charge in [-0.2, -0.15) is 0 Å². The number of aromatic nitrogens is 2. The molecule has 134 valence electrons. The lowest BCUT2D eigenvalue weighted by Gasteiger charge is -2.20. The zero-order valence-electron chi connectivity index (χ0n) is 14.1. The average Bonchev–Trinajstić information content (AvgIpc) is 2.53. The number of fused-ring (bicyclic) bond motifs is 1. The summed E-state index contributed by atoms with van der Waals surface area (Å²) in [5.74, 6) is -1.83. The van der Waals surface area contributed by atoms with E-state index in [1.807, 2.05) is 13.8 Å². The summed E-state index contributed by atoms with van der Waals surface area (Å²) in [7, 11) is 0. The maximum atomic E-state index is 12.7. The van der Waals surface area contributed by atoms with Crippen molar-refractivity contribution in [2.75, 3.05) is 6.54 Å². The first-order valence-electron chi connectivity index (χ1n) is 8.02. The Morgan fingerprint density at radius 2 is 1.92 bits per heavy atom. The number of carboxylic acid groups (broad SMARTS) is 1. The molecule has 1 aromatic carbocycles. The second-order valence-electron chi connectivity index (χ2n) is 6.21. The Kier molecular flexibility index (Phi) is 5.74. The van der Waals surface area contributed by atoms with Gasteiger partial charge in [-0.05, 0) is 24.5 Å². The van der Waals surface area contributed by atoms with Crippen LogP contribution >= 0.6 is 0 Å². The van der Waals surface area contributed by atoms with Gasteiger partial charge in [-0.3, -0.25) is 9.59 Å². The van der Waals surface area contributed by atoms with Crippen LogP contribution in [0.15, 0.2) is 33.9 Å². The van der Waals surface area contributed by atoms with Crippen LogP contribution in [-0.4, -0.2) is 28.0 Å². The number of hydrogen-bond acceptors (Lipinski definition) is 5. The van der Waals surface area contributed by atoms with Crippen LogP contribution in [0.4, 0.5) is 0 Å². The van der Waals surface area contributed by atoms with Crippen LogP contribution in [0.1, 0.15) is 32.7 Å². The summed E-state index contributed by atoms with van der Waals surface area (Å²) in [6.07, 6.45) is -0.0817. The molecule has 0 aliphatic rings. The Morgan fingerprint density at radius 1 is 1.24 bits per heavy atom. The van der Waals surface area contributed by atoms with Gasteiger partial charge in [-0.15, -0.1) is 0 Å². The van der Waals surface area contributed by atoms with Gasteiger partial charge in [-0.25, -0.2) is 9.36 Å². The Bertz CT molecular complexity index is 897. The zero-order valence-corrected chi connectivity index (χ0v) is 14.1. The van der Waals surface area contributed by atoms with Gasteiger partial charge in [0.05, 0.1) is 10.9 Å². The van der Waals surface area contributed by atoms with Gasteiger partial charge < -0.3 is 20.2 Å². The van der Waals surface area contributed by atoms with Crippen molar-refractivity contribution in [1.29, 1.82) is 0 Å². The van der Waals surface area contributed by atoms with E-state index in [4.69, 9.17) is 0 Å². The maximum Gasteiger partial charge on any atom is 0.329 e. The summed E-state index contributed by atoms with van der Waals surface area (Å²) < 4.78 is 0.899. The smallest absolute Gasteiger partial charge is 0.329 e. The lowest BCUT2D eigenvalue weighted by Crippen LogP contribution is -2.45. The Morgan fingerprint density at radius 3 is 2.56 bits per heavy atom. The third kappa shape index (κ3) is 4.34. The molecule has 2 rings (SSSR count). The molecule has 2 N–H and O–H groups in total. The number of nitrogens with one attached hydrogen (secondary N) is 2. The van der Waals surface area contributed by atoms with E-state index in [9.17, 15) is 24.3 Å². The predicted molar refractivity (Wildman–Crippen MR) is 90.0 cm³/mol. The lowest BCUT2D eigenvalue weighted by atomic mass is 10.0. The maximum absolute atomic E-state index is 12.7. The minimum atomic E-state index is -1.29. The van der Waals surface area contributed by atoms with Crippen molar-refractivity contribution in [2.24, 2.45) is 5.92 Å². The largest absolute Gasteiger partial charge is 0.550 e. The number of hydrogen-bond donors (Lipinski definition) is 2. The molecule has 1 amide bonds. The second-order valence-corrected chi connectivity index (χ2v) is 6.21. The van der Waals surface area contributed by atoms with Crippen molar-refractivity contribution in [3.8, 4) is 0 Å². The number of carboxylic acids is 1. The highest BCUT2D eigenvalue weighted by Gasteiger charge is 2.25. The van der Waals surface area contributed by atoms with Crippen molar-refractivity contribution in [3.05, 3.63) is 45.1 Å². The highest BCUT2D eigenvalue weighted by Crippen LogP contribution is 2.16. The fourth-order valence-corrected chi connectivity index (χ4v) is 2.64. The Hall–Kier alpha value is -2.90. The third-order valence-electron chi connectivity index (χ3n) is 3.77. The summed E-state index contributed by atoms with van der Waals surface area (Å²) in [4.78, 5) is 50.7. The fourth-order valence-electron chi connectivity index (χ4n) is 2.64. The number of amides is 1. The van der Waals surface area contributed by atoms with E-state index in [1.54, 1.807) is 24.3 Å².